The Hall–Kier alpha value is -2.56. The number of amides is 1. The molecule has 0 radical (unpaired) electrons. The summed E-state index contributed by atoms with van der Waals surface area (Å²) >= 11 is 0. The first-order chi connectivity index (χ1) is 10.0. The van der Waals surface area contributed by atoms with Gasteiger partial charge in [-0.25, -0.2) is 0 Å². The van der Waals surface area contributed by atoms with Gasteiger partial charge in [0.05, 0.1) is 6.04 Å². The zero-order valence-corrected chi connectivity index (χ0v) is 12.1. The van der Waals surface area contributed by atoms with E-state index >= 15 is 0 Å². The molecule has 0 fully saturated rings. The third-order valence-electron chi connectivity index (χ3n) is 2.94. The van der Waals surface area contributed by atoms with Gasteiger partial charge in [-0.3, -0.25) is 9.59 Å². The van der Waals surface area contributed by atoms with Gasteiger partial charge in [0.2, 0.25) is 5.56 Å². The summed E-state index contributed by atoms with van der Waals surface area (Å²) in [5.41, 5.74) is 1.20. The molecule has 2 rings (SSSR count). The van der Waals surface area contributed by atoms with Crippen molar-refractivity contribution in [2.75, 3.05) is 6.61 Å². The van der Waals surface area contributed by atoms with Gasteiger partial charge in [0, 0.05) is 17.8 Å². The number of aryl methyl sites for hydroxylation is 1. The predicted molar refractivity (Wildman–Crippen MR) is 80.7 cm³/mol. The predicted octanol–water partition coefficient (Wildman–Crippen LogP) is 1.88. The van der Waals surface area contributed by atoms with Gasteiger partial charge in [-0.1, -0.05) is 17.7 Å². The molecule has 1 aromatic carbocycles. The van der Waals surface area contributed by atoms with Gasteiger partial charge in [-0.2, -0.15) is 0 Å². The largest absolute Gasteiger partial charge is 0.491 e. The molecule has 1 atom stereocenters. The second kappa shape index (κ2) is 6.74. The van der Waals surface area contributed by atoms with Crippen molar-refractivity contribution in [1.29, 1.82) is 0 Å². The Labute approximate surface area is 123 Å². The minimum absolute atomic E-state index is 0.168. The molecule has 5 nitrogen and oxygen atoms in total. The number of pyridine rings is 1. The fraction of sp³-hybridized carbons (Fsp3) is 0.250. The molecule has 0 saturated carbocycles. The summed E-state index contributed by atoms with van der Waals surface area (Å²) in [7, 11) is 0. The number of aromatic amines is 1. The van der Waals surface area contributed by atoms with Gasteiger partial charge < -0.3 is 15.0 Å². The summed E-state index contributed by atoms with van der Waals surface area (Å²) in [5, 5.41) is 2.79. The molecular formula is C16H18N2O3. The van der Waals surface area contributed by atoms with Gasteiger partial charge in [-0.15, -0.1) is 0 Å². The zero-order valence-electron chi connectivity index (χ0n) is 12.1. The van der Waals surface area contributed by atoms with Crippen LogP contribution in [-0.2, 0) is 0 Å². The average molecular weight is 286 g/mol. The summed E-state index contributed by atoms with van der Waals surface area (Å²) in [6, 6.07) is 10.4. The van der Waals surface area contributed by atoms with E-state index < -0.39 is 0 Å². The lowest BCUT2D eigenvalue weighted by Crippen LogP contribution is -2.37. The fourth-order valence-electron chi connectivity index (χ4n) is 1.79. The summed E-state index contributed by atoms with van der Waals surface area (Å²) in [6.45, 7) is 4.21. The third-order valence-corrected chi connectivity index (χ3v) is 2.94. The van der Waals surface area contributed by atoms with E-state index in [9.17, 15) is 9.59 Å². The summed E-state index contributed by atoms with van der Waals surface area (Å²) in [5.74, 6) is 0.471. The van der Waals surface area contributed by atoms with E-state index in [2.05, 4.69) is 10.3 Å². The molecule has 0 spiro atoms. The summed E-state index contributed by atoms with van der Waals surface area (Å²) < 4.78 is 5.60. The van der Waals surface area contributed by atoms with Crippen molar-refractivity contribution in [2.24, 2.45) is 0 Å². The van der Waals surface area contributed by atoms with Crippen LogP contribution in [0.2, 0.25) is 0 Å². The van der Waals surface area contributed by atoms with Crippen LogP contribution in [0.25, 0.3) is 0 Å². The summed E-state index contributed by atoms with van der Waals surface area (Å²) in [6.07, 6.45) is 1.45. The van der Waals surface area contributed by atoms with Crippen molar-refractivity contribution in [1.82, 2.24) is 10.3 Å². The number of H-pyrrole nitrogens is 1. The number of nitrogens with one attached hydrogen (secondary N) is 2. The van der Waals surface area contributed by atoms with Crippen LogP contribution in [0.4, 0.5) is 0 Å². The lowest BCUT2D eigenvalue weighted by molar-refractivity contribution is 0.0926. The highest BCUT2D eigenvalue weighted by molar-refractivity contribution is 5.94. The molecule has 1 amide bonds. The molecule has 1 unspecified atom stereocenters. The van der Waals surface area contributed by atoms with Gasteiger partial charge in [0.15, 0.2) is 0 Å². The maximum absolute atomic E-state index is 11.9. The van der Waals surface area contributed by atoms with Gasteiger partial charge in [0.25, 0.3) is 5.91 Å². The quantitative estimate of drug-likeness (QED) is 0.881. The molecule has 0 saturated heterocycles. The molecule has 5 heteroatoms. The van der Waals surface area contributed by atoms with Crippen molar-refractivity contribution in [2.45, 2.75) is 19.9 Å². The molecule has 0 aliphatic rings. The smallest absolute Gasteiger partial charge is 0.251 e. The van der Waals surface area contributed by atoms with Crippen LogP contribution in [0.5, 0.6) is 5.75 Å². The molecule has 0 aliphatic heterocycles. The normalized spacial score (nSPS) is 11.7. The van der Waals surface area contributed by atoms with Crippen molar-refractivity contribution in [3.63, 3.8) is 0 Å². The fourth-order valence-corrected chi connectivity index (χ4v) is 1.79. The van der Waals surface area contributed by atoms with Crippen LogP contribution >= 0.6 is 0 Å². The Balaban J connectivity index is 1.86. The number of benzene rings is 1. The second-order valence-electron chi connectivity index (χ2n) is 4.94. The first-order valence-corrected chi connectivity index (χ1v) is 6.73. The number of rotatable bonds is 5. The van der Waals surface area contributed by atoms with E-state index in [4.69, 9.17) is 4.74 Å². The second-order valence-corrected chi connectivity index (χ2v) is 4.94. The molecule has 2 aromatic rings. The van der Waals surface area contributed by atoms with Gasteiger partial charge >= 0.3 is 0 Å². The van der Waals surface area contributed by atoms with Crippen LogP contribution in [0.3, 0.4) is 0 Å². The number of carbonyl (C=O) groups is 1. The van der Waals surface area contributed by atoms with Crippen LogP contribution in [0.1, 0.15) is 22.8 Å². The van der Waals surface area contributed by atoms with E-state index in [0.717, 1.165) is 11.3 Å². The molecule has 0 bridgehead atoms. The van der Waals surface area contributed by atoms with Crippen molar-refractivity contribution >= 4 is 5.91 Å². The lowest BCUT2D eigenvalue weighted by Gasteiger charge is -2.15. The number of ether oxygens (including phenoxy) is 1. The maximum atomic E-state index is 11.9. The topological polar surface area (TPSA) is 71.2 Å². The highest BCUT2D eigenvalue weighted by atomic mass is 16.5. The number of hydrogen-bond donors (Lipinski definition) is 2. The van der Waals surface area contributed by atoms with Crippen molar-refractivity contribution < 1.29 is 9.53 Å². The molecule has 2 N–H and O–H groups in total. The van der Waals surface area contributed by atoms with Gasteiger partial charge in [0.1, 0.15) is 12.4 Å². The molecule has 1 aromatic heterocycles. The molecule has 1 heterocycles. The van der Waals surface area contributed by atoms with Crippen LogP contribution < -0.4 is 15.6 Å². The maximum Gasteiger partial charge on any atom is 0.251 e. The Morgan fingerprint density at radius 1 is 1.29 bits per heavy atom. The first-order valence-electron chi connectivity index (χ1n) is 6.73. The summed E-state index contributed by atoms with van der Waals surface area (Å²) in [4.78, 5) is 25.6. The SMILES string of the molecule is Cc1ccc(OCC(C)NC(=O)c2cc[nH]c(=O)c2)cc1. The highest BCUT2D eigenvalue weighted by Crippen LogP contribution is 2.11. The number of carbonyl (C=O) groups excluding carboxylic acids is 1. The van der Waals surface area contributed by atoms with Crippen molar-refractivity contribution in [3.05, 3.63) is 64.1 Å². The Bertz CT molecular complexity index is 662. The third kappa shape index (κ3) is 4.49. The first kappa shape index (κ1) is 14.8. The minimum Gasteiger partial charge on any atom is -0.491 e. The highest BCUT2D eigenvalue weighted by Gasteiger charge is 2.10. The number of hydrogen-bond acceptors (Lipinski definition) is 3. The van der Waals surface area contributed by atoms with Crippen LogP contribution in [0, 0.1) is 6.92 Å². The molecule has 21 heavy (non-hydrogen) atoms. The molecule has 110 valence electrons. The van der Waals surface area contributed by atoms with E-state index in [-0.39, 0.29) is 17.5 Å². The lowest BCUT2D eigenvalue weighted by atomic mass is 10.2. The van der Waals surface area contributed by atoms with E-state index in [1.165, 1.54) is 12.3 Å². The zero-order chi connectivity index (χ0) is 15.2. The molecular weight excluding hydrogens is 268 g/mol. The van der Waals surface area contributed by atoms with Crippen LogP contribution in [-0.4, -0.2) is 23.5 Å². The monoisotopic (exact) mass is 286 g/mol. The Morgan fingerprint density at radius 3 is 2.67 bits per heavy atom. The van der Waals surface area contributed by atoms with E-state index in [0.29, 0.717) is 12.2 Å². The van der Waals surface area contributed by atoms with Crippen molar-refractivity contribution in [3.8, 4) is 5.75 Å². The Morgan fingerprint density at radius 2 is 2.00 bits per heavy atom. The van der Waals surface area contributed by atoms with E-state index in [1.54, 1.807) is 6.07 Å². The minimum atomic E-state index is -0.300. The van der Waals surface area contributed by atoms with Crippen LogP contribution in [0.15, 0.2) is 47.4 Å². The average Bonchev–Trinajstić information content (AvgIpc) is 2.46. The van der Waals surface area contributed by atoms with Gasteiger partial charge in [-0.05, 0) is 32.0 Å². The molecule has 0 aliphatic carbocycles. The Kier molecular flexibility index (Phi) is 4.77. The van der Waals surface area contributed by atoms with E-state index in [1.807, 2.05) is 38.1 Å². The number of aromatic nitrogens is 1. The standard InChI is InChI=1S/C16H18N2O3/c1-11-3-5-14(6-4-11)21-10-12(2)18-16(20)13-7-8-17-15(19)9-13/h3-9,12H,10H2,1-2H3,(H,17,19)(H,18,20).